The summed E-state index contributed by atoms with van der Waals surface area (Å²) in [7, 11) is 4.11. The number of benzene rings is 1. The van der Waals surface area contributed by atoms with E-state index in [-0.39, 0.29) is 5.97 Å². The van der Waals surface area contributed by atoms with E-state index in [0.29, 0.717) is 23.8 Å². The Kier molecular flexibility index (Phi) is 7.35. The molecule has 1 aromatic heterocycles. The zero-order valence-corrected chi connectivity index (χ0v) is 15.9. The Bertz CT molecular complexity index is 734. The lowest BCUT2D eigenvalue weighted by molar-refractivity contribution is 0.0527. The van der Waals surface area contributed by atoms with Gasteiger partial charge >= 0.3 is 5.97 Å². The molecule has 0 aliphatic rings. The SMILES string of the molecule is CCOC(=O)c1ccccc1Nc1nc(C)cc(NCCCN(C)C)n1. The van der Waals surface area contributed by atoms with E-state index in [9.17, 15) is 4.79 Å². The number of ether oxygens (including phenoxy) is 1. The highest BCUT2D eigenvalue weighted by molar-refractivity contribution is 5.96. The second kappa shape index (κ2) is 9.72. The first-order chi connectivity index (χ1) is 12.5. The summed E-state index contributed by atoms with van der Waals surface area (Å²) in [5.74, 6) is 0.828. The van der Waals surface area contributed by atoms with Crippen molar-refractivity contribution in [2.75, 3.05) is 44.4 Å². The van der Waals surface area contributed by atoms with Gasteiger partial charge in [-0.1, -0.05) is 12.1 Å². The van der Waals surface area contributed by atoms with Gasteiger partial charge in [0.1, 0.15) is 5.82 Å². The molecule has 2 rings (SSSR count). The fourth-order valence-electron chi connectivity index (χ4n) is 2.43. The van der Waals surface area contributed by atoms with Crippen LogP contribution in [0.3, 0.4) is 0 Å². The van der Waals surface area contributed by atoms with Gasteiger partial charge in [0.05, 0.1) is 17.9 Å². The topological polar surface area (TPSA) is 79.4 Å². The Morgan fingerprint density at radius 1 is 1.23 bits per heavy atom. The number of hydrogen-bond donors (Lipinski definition) is 2. The van der Waals surface area contributed by atoms with Gasteiger partial charge in [-0.05, 0) is 53.0 Å². The van der Waals surface area contributed by atoms with Crippen LogP contribution in [0.5, 0.6) is 0 Å². The molecule has 0 radical (unpaired) electrons. The van der Waals surface area contributed by atoms with Crippen LogP contribution in [-0.4, -0.2) is 54.6 Å². The molecule has 1 aromatic carbocycles. The molecule has 0 atom stereocenters. The highest BCUT2D eigenvalue weighted by Crippen LogP contribution is 2.21. The molecule has 7 nitrogen and oxygen atoms in total. The van der Waals surface area contributed by atoms with Crippen LogP contribution in [0.15, 0.2) is 30.3 Å². The van der Waals surface area contributed by atoms with Gasteiger partial charge < -0.3 is 20.3 Å². The van der Waals surface area contributed by atoms with Gasteiger partial charge in [0.2, 0.25) is 5.95 Å². The molecule has 0 amide bonds. The predicted octanol–water partition coefficient (Wildman–Crippen LogP) is 3.07. The number of hydrogen-bond acceptors (Lipinski definition) is 7. The largest absolute Gasteiger partial charge is 0.462 e. The second-order valence-electron chi connectivity index (χ2n) is 6.19. The lowest BCUT2D eigenvalue weighted by atomic mass is 10.2. The normalized spacial score (nSPS) is 10.7. The molecular weight excluding hydrogens is 330 g/mol. The molecule has 0 saturated carbocycles. The van der Waals surface area contributed by atoms with E-state index in [2.05, 4.69) is 39.6 Å². The van der Waals surface area contributed by atoms with Crippen LogP contribution in [0.25, 0.3) is 0 Å². The molecule has 140 valence electrons. The maximum atomic E-state index is 12.1. The predicted molar refractivity (Wildman–Crippen MR) is 104 cm³/mol. The smallest absolute Gasteiger partial charge is 0.340 e. The van der Waals surface area contributed by atoms with Crippen LogP contribution in [0.4, 0.5) is 17.5 Å². The van der Waals surface area contributed by atoms with Crippen molar-refractivity contribution in [3.63, 3.8) is 0 Å². The van der Waals surface area contributed by atoms with Gasteiger partial charge in [0, 0.05) is 18.3 Å². The standard InChI is InChI=1S/C19H27N5O2/c1-5-26-18(25)15-9-6-7-10-16(15)22-19-21-14(2)13-17(23-19)20-11-8-12-24(3)4/h6-7,9-10,13H,5,8,11-12H2,1-4H3,(H2,20,21,22,23). The van der Waals surface area contributed by atoms with Crippen molar-refractivity contribution < 1.29 is 9.53 Å². The number of nitrogens with zero attached hydrogens (tertiary/aromatic N) is 3. The van der Waals surface area contributed by atoms with E-state index in [0.717, 1.165) is 31.0 Å². The third-order valence-corrected chi connectivity index (χ3v) is 3.61. The summed E-state index contributed by atoms with van der Waals surface area (Å²) in [5, 5.41) is 6.45. The van der Waals surface area contributed by atoms with Crippen molar-refractivity contribution in [2.45, 2.75) is 20.3 Å². The first-order valence-electron chi connectivity index (χ1n) is 8.77. The summed E-state index contributed by atoms with van der Waals surface area (Å²) in [6.07, 6.45) is 1.02. The zero-order chi connectivity index (χ0) is 18.9. The molecule has 26 heavy (non-hydrogen) atoms. The molecule has 0 fully saturated rings. The average Bonchev–Trinajstić information content (AvgIpc) is 2.59. The number of rotatable bonds is 9. The summed E-state index contributed by atoms with van der Waals surface area (Å²) >= 11 is 0. The van der Waals surface area contributed by atoms with Gasteiger partial charge in [0.25, 0.3) is 0 Å². The van der Waals surface area contributed by atoms with Crippen LogP contribution < -0.4 is 10.6 Å². The van der Waals surface area contributed by atoms with Gasteiger partial charge in [0.15, 0.2) is 0 Å². The number of carbonyl (C=O) groups is 1. The number of anilines is 3. The Balaban J connectivity index is 2.11. The molecule has 0 aliphatic carbocycles. The van der Waals surface area contributed by atoms with Crippen molar-refractivity contribution in [1.29, 1.82) is 0 Å². The number of esters is 1. The fraction of sp³-hybridized carbons (Fsp3) is 0.421. The fourth-order valence-corrected chi connectivity index (χ4v) is 2.43. The monoisotopic (exact) mass is 357 g/mol. The summed E-state index contributed by atoms with van der Waals surface area (Å²) in [4.78, 5) is 23.1. The molecule has 0 aliphatic heterocycles. The summed E-state index contributed by atoms with van der Waals surface area (Å²) in [6, 6.07) is 9.07. The highest BCUT2D eigenvalue weighted by atomic mass is 16.5. The van der Waals surface area contributed by atoms with E-state index in [1.54, 1.807) is 19.1 Å². The molecule has 2 N–H and O–H groups in total. The number of para-hydroxylation sites is 1. The Morgan fingerprint density at radius 2 is 2.00 bits per heavy atom. The van der Waals surface area contributed by atoms with Crippen molar-refractivity contribution in [3.05, 3.63) is 41.6 Å². The third kappa shape index (κ3) is 6.00. The third-order valence-electron chi connectivity index (χ3n) is 3.61. The molecule has 0 saturated heterocycles. The average molecular weight is 357 g/mol. The van der Waals surface area contributed by atoms with E-state index in [4.69, 9.17) is 4.74 Å². The molecule has 0 spiro atoms. The molecule has 7 heteroatoms. The van der Waals surface area contributed by atoms with Gasteiger partial charge in [-0.15, -0.1) is 0 Å². The number of aryl methyl sites for hydroxylation is 1. The number of aromatic nitrogens is 2. The van der Waals surface area contributed by atoms with E-state index in [1.807, 2.05) is 25.1 Å². The number of carbonyl (C=O) groups excluding carboxylic acids is 1. The van der Waals surface area contributed by atoms with Crippen molar-refractivity contribution in [2.24, 2.45) is 0 Å². The van der Waals surface area contributed by atoms with Gasteiger partial charge in [-0.3, -0.25) is 0 Å². The maximum absolute atomic E-state index is 12.1. The zero-order valence-electron chi connectivity index (χ0n) is 15.9. The minimum Gasteiger partial charge on any atom is -0.462 e. The summed E-state index contributed by atoms with van der Waals surface area (Å²) < 4.78 is 5.10. The van der Waals surface area contributed by atoms with E-state index in [1.165, 1.54) is 0 Å². The number of nitrogens with one attached hydrogen (secondary N) is 2. The van der Waals surface area contributed by atoms with Crippen LogP contribution in [0.2, 0.25) is 0 Å². The highest BCUT2D eigenvalue weighted by Gasteiger charge is 2.13. The van der Waals surface area contributed by atoms with Crippen molar-refractivity contribution in [3.8, 4) is 0 Å². The van der Waals surface area contributed by atoms with E-state index < -0.39 is 0 Å². The Labute approximate surface area is 154 Å². The Morgan fingerprint density at radius 3 is 2.73 bits per heavy atom. The maximum Gasteiger partial charge on any atom is 0.340 e. The second-order valence-corrected chi connectivity index (χ2v) is 6.19. The van der Waals surface area contributed by atoms with Crippen LogP contribution in [0.1, 0.15) is 29.4 Å². The minimum atomic E-state index is -0.370. The quantitative estimate of drug-likeness (QED) is 0.527. The summed E-state index contributed by atoms with van der Waals surface area (Å²) in [5.41, 5.74) is 1.92. The molecule has 0 unspecified atom stereocenters. The lowest BCUT2D eigenvalue weighted by Crippen LogP contribution is -2.17. The van der Waals surface area contributed by atoms with Crippen LogP contribution >= 0.6 is 0 Å². The lowest BCUT2D eigenvalue weighted by Gasteiger charge is -2.13. The van der Waals surface area contributed by atoms with Crippen molar-refractivity contribution >= 4 is 23.4 Å². The van der Waals surface area contributed by atoms with Gasteiger partial charge in [-0.2, -0.15) is 4.98 Å². The molecule has 2 aromatic rings. The minimum absolute atomic E-state index is 0.329. The molecular formula is C19H27N5O2. The molecule has 1 heterocycles. The van der Waals surface area contributed by atoms with Crippen LogP contribution in [0, 0.1) is 6.92 Å². The first-order valence-corrected chi connectivity index (χ1v) is 8.77. The molecule has 0 bridgehead atoms. The Hall–Kier alpha value is -2.67. The van der Waals surface area contributed by atoms with Crippen molar-refractivity contribution in [1.82, 2.24) is 14.9 Å². The van der Waals surface area contributed by atoms with Crippen LogP contribution in [-0.2, 0) is 4.74 Å². The summed E-state index contributed by atoms with van der Waals surface area (Å²) in [6.45, 7) is 5.86. The van der Waals surface area contributed by atoms with Gasteiger partial charge in [-0.25, -0.2) is 9.78 Å². The van der Waals surface area contributed by atoms with E-state index >= 15 is 0 Å². The first kappa shape index (κ1) is 19.7.